The van der Waals surface area contributed by atoms with Crippen molar-refractivity contribution in [2.45, 2.75) is 32.4 Å². The molecule has 29 heavy (non-hydrogen) atoms. The molecule has 2 aromatic carbocycles. The minimum atomic E-state index is -4.80. The Hall–Kier alpha value is -2.38. The van der Waals surface area contributed by atoms with Gasteiger partial charge in [0.25, 0.3) is 0 Å². The standard InChI is InChI=1S/C22H24F3NO3/c1-2-28-20(27)21(22(23,24)25)16-26(13-17-9-5-3-6-10-17)14-19(21)29-15-18-11-7-4-8-12-18/h3-12,19H,2,13-16H2,1H3. The van der Waals surface area contributed by atoms with Gasteiger partial charge < -0.3 is 9.47 Å². The second kappa shape index (κ2) is 8.97. The summed E-state index contributed by atoms with van der Waals surface area (Å²) in [6.45, 7) is 1.15. The second-order valence-corrected chi connectivity index (χ2v) is 7.13. The number of rotatable bonds is 7. The zero-order chi connectivity index (χ0) is 20.9. The smallest absolute Gasteiger partial charge is 0.408 e. The van der Waals surface area contributed by atoms with Gasteiger partial charge in [-0.3, -0.25) is 9.69 Å². The Labute approximate surface area is 168 Å². The van der Waals surface area contributed by atoms with Gasteiger partial charge in [0.05, 0.1) is 19.3 Å². The molecule has 1 heterocycles. The van der Waals surface area contributed by atoms with Gasteiger partial charge in [-0.15, -0.1) is 0 Å². The summed E-state index contributed by atoms with van der Waals surface area (Å²) in [5, 5.41) is 0. The highest BCUT2D eigenvalue weighted by Crippen LogP contribution is 2.48. The number of halogens is 3. The van der Waals surface area contributed by atoms with Crippen molar-refractivity contribution >= 4 is 5.97 Å². The molecule has 0 amide bonds. The molecule has 156 valence electrons. The first kappa shape index (κ1) is 21.3. The molecule has 0 radical (unpaired) electrons. The van der Waals surface area contributed by atoms with Crippen LogP contribution in [0.3, 0.4) is 0 Å². The summed E-state index contributed by atoms with van der Waals surface area (Å²) in [7, 11) is 0. The monoisotopic (exact) mass is 407 g/mol. The van der Waals surface area contributed by atoms with Crippen molar-refractivity contribution in [3.63, 3.8) is 0 Å². The van der Waals surface area contributed by atoms with Crippen LogP contribution in [0.1, 0.15) is 18.1 Å². The van der Waals surface area contributed by atoms with Crippen LogP contribution in [0, 0.1) is 5.41 Å². The lowest BCUT2D eigenvalue weighted by Crippen LogP contribution is -2.55. The molecule has 1 aliphatic rings. The number of hydrogen-bond donors (Lipinski definition) is 0. The average molecular weight is 407 g/mol. The third-order valence-electron chi connectivity index (χ3n) is 5.14. The summed E-state index contributed by atoms with van der Waals surface area (Å²) in [6, 6.07) is 18.1. The fraction of sp³-hybridized carbons (Fsp3) is 0.409. The van der Waals surface area contributed by atoms with Crippen molar-refractivity contribution in [1.82, 2.24) is 4.90 Å². The van der Waals surface area contributed by atoms with Crippen LogP contribution in [-0.4, -0.2) is 42.8 Å². The maximum absolute atomic E-state index is 14.3. The van der Waals surface area contributed by atoms with Crippen LogP contribution in [0.5, 0.6) is 0 Å². The normalized spacial score (nSPS) is 22.6. The van der Waals surface area contributed by atoms with Crippen LogP contribution in [-0.2, 0) is 27.4 Å². The Bertz CT molecular complexity index is 798. The molecule has 1 saturated heterocycles. The molecular formula is C22H24F3NO3. The number of ether oxygens (including phenoxy) is 2. The third kappa shape index (κ3) is 4.62. The van der Waals surface area contributed by atoms with Crippen LogP contribution >= 0.6 is 0 Å². The van der Waals surface area contributed by atoms with Gasteiger partial charge in [0, 0.05) is 19.6 Å². The SMILES string of the molecule is CCOC(=O)C1(C(F)(F)F)CN(Cc2ccccc2)CC1OCc1ccccc1. The first-order valence-electron chi connectivity index (χ1n) is 9.52. The number of carbonyl (C=O) groups is 1. The second-order valence-electron chi connectivity index (χ2n) is 7.13. The van der Waals surface area contributed by atoms with E-state index in [2.05, 4.69) is 0 Å². The molecule has 0 spiro atoms. The van der Waals surface area contributed by atoms with E-state index < -0.39 is 30.2 Å². The lowest BCUT2D eigenvalue weighted by molar-refractivity contribution is -0.254. The molecular weight excluding hydrogens is 383 g/mol. The fourth-order valence-corrected chi connectivity index (χ4v) is 3.68. The molecule has 0 aliphatic carbocycles. The molecule has 0 saturated carbocycles. The summed E-state index contributed by atoms with van der Waals surface area (Å²) < 4.78 is 53.4. The van der Waals surface area contributed by atoms with E-state index >= 15 is 0 Å². The summed E-state index contributed by atoms with van der Waals surface area (Å²) in [5.74, 6) is -1.28. The van der Waals surface area contributed by atoms with Crippen molar-refractivity contribution in [3.8, 4) is 0 Å². The van der Waals surface area contributed by atoms with Crippen LogP contribution in [0.2, 0.25) is 0 Å². The molecule has 2 unspecified atom stereocenters. The topological polar surface area (TPSA) is 38.8 Å². The Morgan fingerprint density at radius 2 is 1.66 bits per heavy atom. The zero-order valence-corrected chi connectivity index (χ0v) is 16.2. The Morgan fingerprint density at radius 3 is 2.21 bits per heavy atom. The lowest BCUT2D eigenvalue weighted by atomic mass is 9.83. The van der Waals surface area contributed by atoms with Crippen LogP contribution in [0.4, 0.5) is 13.2 Å². The van der Waals surface area contributed by atoms with Gasteiger partial charge in [0.15, 0.2) is 0 Å². The van der Waals surface area contributed by atoms with Crippen molar-refractivity contribution in [1.29, 1.82) is 0 Å². The van der Waals surface area contributed by atoms with E-state index in [4.69, 9.17) is 9.47 Å². The van der Waals surface area contributed by atoms with Gasteiger partial charge in [-0.2, -0.15) is 13.2 Å². The van der Waals surface area contributed by atoms with E-state index in [0.29, 0.717) is 6.54 Å². The molecule has 7 heteroatoms. The Morgan fingerprint density at radius 1 is 1.07 bits per heavy atom. The Kier molecular flexibility index (Phi) is 6.59. The van der Waals surface area contributed by atoms with Gasteiger partial charge in [-0.05, 0) is 18.1 Å². The summed E-state index contributed by atoms with van der Waals surface area (Å²) in [4.78, 5) is 14.2. The van der Waals surface area contributed by atoms with E-state index in [1.165, 1.54) is 6.92 Å². The summed E-state index contributed by atoms with van der Waals surface area (Å²) in [5.41, 5.74) is -1.10. The average Bonchev–Trinajstić information content (AvgIpc) is 3.07. The molecule has 3 rings (SSSR count). The number of benzene rings is 2. The number of esters is 1. The molecule has 1 fully saturated rings. The van der Waals surface area contributed by atoms with Gasteiger partial charge in [-0.1, -0.05) is 60.7 Å². The number of nitrogens with zero attached hydrogens (tertiary/aromatic N) is 1. The van der Waals surface area contributed by atoms with E-state index in [0.717, 1.165) is 11.1 Å². The minimum Gasteiger partial charge on any atom is -0.465 e. The predicted octanol–water partition coefficient (Wildman–Crippen LogP) is 4.20. The molecule has 2 atom stereocenters. The molecule has 1 aliphatic heterocycles. The van der Waals surface area contributed by atoms with Gasteiger partial charge in [0.1, 0.15) is 0 Å². The third-order valence-corrected chi connectivity index (χ3v) is 5.14. The van der Waals surface area contributed by atoms with Crippen molar-refractivity contribution in [2.24, 2.45) is 5.41 Å². The van der Waals surface area contributed by atoms with Crippen LogP contribution in [0.15, 0.2) is 60.7 Å². The highest BCUT2D eigenvalue weighted by Gasteiger charge is 2.70. The molecule has 0 bridgehead atoms. The molecule has 4 nitrogen and oxygen atoms in total. The van der Waals surface area contributed by atoms with Crippen molar-refractivity contribution in [2.75, 3.05) is 19.7 Å². The fourth-order valence-electron chi connectivity index (χ4n) is 3.68. The Balaban J connectivity index is 1.87. The predicted molar refractivity (Wildman–Crippen MR) is 102 cm³/mol. The maximum Gasteiger partial charge on any atom is 0.408 e. The minimum absolute atomic E-state index is 0.0120. The quantitative estimate of drug-likeness (QED) is 0.645. The van der Waals surface area contributed by atoms with Crippen LogP contribution in [0.25, 0.3) is 0 Å². The zero-order valence-electron chi connectivity index (χ0n) is 16.2. The van der Waals surface area contributed by atoms with Crippen molar-refractivity contribution < 1.29 is 27.4 Å². The van der Waals surface area contributed by atoms with E-state index in [9.17, 15) is 18.0 Å². The van der Waals surface area contributed by atoms with E-state index in [1.807, 2.05) is 36.4 Å². The maximum atomic E-state index is 14.3. The van der Waals surface area contributed by atoms with Gasteiger partial charge in [0.2, 0.25) is 5.41 Å². The van der Waals surface area contributed by atoms with E-state index in [1.54, 1.807) is 29.2 Å². The molecule has 0 N–H and O–H groups in total. The summed E-state index contributed by atoms with van der Waals surface area (Å²) in [6.07, 6.45) is -6.16. The first-order chi connectivity index (χ1) is 13.9. The number of alkyl halides is 3. The number of hydrogen-bond acceptors (Lipinski definition) is 4. The number of likely N-dealkylation sites (tertiary alicyclic amines) is 1. The van der Waals surface area contributed by atoms with Gasteiger partial charge >= 0.3 is 12.1 Å². The number of carbonyl (C=O) groups excluding carboxylic acids is 1. The van der Waals surface area contributed by atoms with Gasteiger partial charge in [-0.25, -0.2) is 0 Å². The lowest BCUT2D eigenvalue weighted by Gasteiger charge is -2.34. The highest BCUT2D eigenvalue weighted by atomic mass is 19.4. The van der Waals surface area contributed by atoms with Crippen LogP contribution < -0.4 is 0 Å². The molecule has 2 aromatic rings. The van der Waals surface area contributed by atoms with E-state index in [-0.39, 0.29) is 19.8 Å². The highest BCUT2D eigenvalue weighted by molar-refractivity contribution is 5.79. The summed E-state index contributed by atoms with van der Waals surface area (Å²) >= 11 is 0. The van der Waals surface area contributed by atoms with Crippen molar-refractivity contribution in [3.05, 3.63) is 71.8 Å². The molecule has 0 aromatic heterocycles. The largest absolute Gasteiger partial charge is 0.465 e. The first-order valence-corrected chi connectivity index (χ1v) is 9.52.